The SMILES string of the molecule is O=C1[C@H]2CCC[C@]1(CCC/C=C/c1ccccc1)[C@@H]2c1ccccc1. The molecular formula is C24H26O. The molecule has 0 N–H and O–H groups in total. The molecule has 0 saturated heterocycles. The summed E-state index contributed by atoms with van der Waals surface area (Å²) in [5.74, 6) is 1.31. The fourth-order valence-corrected chi connectivity index (χ4v) is 5.11. The summed E-state index contributed by atoms with van der Waals surface area (Å²) in [5.41, 5.74) is 2.57. The molecule has 2 aliphatic rings. The molecule has 0 aromatic heterocycles. The molecule has 0 unspecified atom stereocenters. The Labute approximate surface area is 150 Å². The Kier molecular flexibility index (Phi) is 4.57. The molecule has 0 amide bonds. The van der Waals surface area contributed by atoms with Crippen LogP contribution in [0.3, 0.4) is 0 Å². The van der Waals surface area contributed by atoms with Gasteiger partial charge in [-0.3, -0.25) is 4.79 Å². The number of hydrogen-bond acceptors (Lipinski definition) is 1. The van der Waals surface area contributed by atoms with Gasteiger partial charge in [0.25, 0.3) is 0 Å². The first-order chi connectivity index (χ1) is 12.3. The first-order valence-corrected chi connectivity index (χ1v) is 9.62. The van der Waals surface area contributed by atoms with Crippen LogP contribution in [0.1, 0.15) is 55.6 Å². The lowest BCUT2D eigenvalue weighted by molar-refractivity contribution is -0.158. The molecule has 0 spiro atoms. The third-order valence-electron chi connectivity index (χ3n) is 6.23. The number of benzene rings is 2. The molecule has 0 heterocycles. The summed E-state index contributed by atoms with van der Waals surface area (Å²) in [4.78, 5) is 12.8. The zero-order valence-corrected chi connectivity index (χ0v) is 14.7. The van der Waals surface area contributed by atoms with Gasteiger partial charge in [-0.1, -0.05) is 79.2 Å². The van der Waals surface area contributed by atoms with E-state index in [2.05, 4.69) is 66.7 Å². The quantitative estimate of drug-likeness (QED) is 0.592. The van der Waals surface area contributed by atoms with Crippen molar-refractivity contribution in [2.75, 3.05) is 0 Å². The highest BCUT2D eigenvalue weighted by atomic mass is 16.1. The average molecular weight is 330 g/mol. The fourth-order valence-electron chi connectivity index (χ4n) is 5.11. The molecule has 2 aromatic carbocycles. The molecule has 2 bridgehead atoms. The Balaban J connectivity index is 1.41. The lowest BCUT2D eigenvalue weighted by Crippen LogP contribution is -2.58. The normalized spacial score (nSPS) is 28.1. The minimum Gasteiger partial charge on any atom is -0.299 e. The third kappa shape index (κ3) is 2.97. The maximum Gasteiger partial charge on any atom is 0.143 e. The van der Waals surface area contributed by atoms with E-state index >= 15 is 0 Å². The van der Waals surface area contributed by atoms with E-state index in [1.807, 2.05) is 6.07 Å². The van der Waals surface area contributed by atoms with E-state index in [9.17, 15) is 4.79 Å². The van der Waals surface area contributed by atoms with Crippen LogP contribution >= 0.6 is 0 Å². The summed E-state index contributed by atoms with van der Waals surface area (Å²) in [7, 11) is 0. The van der Waals surface area contributed by atoms with Crippen molar-refractivity contribution in [2.45, 2.75) is 44.4 Å². The van der Waals surface area contributed by atoms with Gasteiger partial charge in [0.15, 0.2) is 0 Å². The van der Waals surface area contributed by atoms with Crippen LogP contribution in [-0.2, 0) is 4.79 Å². The second-order valence-corrected chi connectivity index (χ2v) is 7.61. The number of hydrogen-bond donors (Lipinski definition) is 0. The standard InChI is InChI=1S/C24H26O/c25-23-21-16-10-18-24(23,22(21)20-14-7-2-8-15-20)17-9-3-6-13-19-11-4-1-5-12-19/h1-2,4-8,11-15,21-22H,3,9-10,16-18H2/b13-6+/t21-,22+,24+/m0/s1. The predicted octanol–water partition coefficient (Wildman–Crippen LogP) is 6.02. The predicted molar refractivity (Wildman–Crippen MR) is 103 cm³/mol. The molecule has 0 aliphatic heterocycles. The van der Waals surface area contributed by atoms with Crippen molar-refractivity contribution in [1.29, 1.82) is 0 Å². The van der Waals surface area contributed by atoms with Crippen LogP contribution < -0.4 is 0 Å². The highest BCUT2D eigenvalue weighted by molar-refractivity contribution is 5.96. The van der Waals surface area contributed by atoms with Gasteiger partial charge < -0.3 is 0 Å². The smallest absolute Gasteiger partial charge is 0.143 e. The number of allylic oxidation sites excluding steroid dienone is 1. The molecule has 1 nitrogen and oxygen atoms in total. The zero-order chi connectivity index (χ0) is 17.1. The number of ketones is 1. The minimum absolute atomic E-state index is 0.0646. The van der Waals surface area contributed by atoms with Crippen molar-refractivity contribution >= 4 is 11.9 Å². The summed E-state index contributed by atoms with van der Waals surface area (Å²) in [6, 6.07) is 21.2. The largest absolute Gasteiger partial charge is 0.299 e. The van der Waals surface area contributed by atoms with Gasteiger partial charge in [0.05, 0.1) is 0 Å². The molecule has 3 atom stereocenters. The van der Waals surface area contributed by atoms with Crippen molar-refractivity contribution in [1.82, 2.24) is 0 Å². The molecule has 1 heteroatoms. The van der Waals surface area contributed by atoms with Crippen LogP contribution in [-0.4, -0.2) is 5.78 Å². The number of unbranched alkanes of at least 4 members (excludes halogenated alkanes) is 1. The fraction of sp³-hybridized carbons (Fsp3) is 0.375. The average Bonchev–Trinajstić information content (AvgIpc) is 2.68. The van der Waals surface area contributed by atoms with Crippen LogP contribution in [0.2, 0.25) is 0 Å². The van der Waals surface area contributed by atoms with Gasteiger partial charge >= 0.3 is 0 Å². The van der Waals surface area contributed by atoms with Gasteiger partial charge in [-0.2, -0.15) is 0 Å². The Morgan fingerprint density at radius 1 is 1.00 bits per heavy atom. The molecule has 128 valence electrons. The number of rotatable bonds is 6. The zero-order valence-electron chi connectivity index (χ0n) is 14.7. The van der Waals surface area contributed by atoms with E-state index in [-0.39, 0.29) is 11.3 Å². The van der Waals surface area contributed by atoms with E-state index in [4.69, 9.17) is 0 Å². The monoisotopic (exact) mass is 330 g/mol. The summed E-state index contributed by atoms with van der Waals surface area (Å²) in [5, 5.41) is 0. The summed E-state index contributed by atoms with van der Waals surface area (Å²) >= 11 is 0. The highest BCUT2D eigenvalue weighted by Gasteiger charge is 2.62. The number of Topliss-reactive ketones (excluding diaryl/α,β-unsaturated/α-hetero) is 1. The number of carbonyl (C=O) groups excluding carboxylic acids is 1. The number of fused-ring (bicyclic) bond motifs is 2. The summed E-state index contributed by atoms with van der Waals surface area (Å²) < 4.78 is 0. The van der Waals surface area contributed by atoms with Gasteiger partial charge in [0.2, 0.25) is 0 Å². The van der Waals surface area contributed by atoms with Gasteiger partial charge in [-0.15, -0.1) is 0 Å². The van der Waals surface area contributed by atoms with Gasteiger partial charge in [-0.05, 0) is 43.2 Å². The Hall–Kier alpha value is -2.15. The molecule has 0 radical (unpaired) electrons. The van der Waals surface area contributed by atoms with Crippen molar-refractivity contribution in [3.63, 3.8) is 0 Å². The first-order valence-electron chi connectivity index (χ1n) is 9.62. The lowest BCUT2D eigenvalue weighted by Gasteiger charge is -2.58. The molecule has 2 fully saturated rings. The van der Waals surface area contributed by atoms with Gasteiger partial charge in [0.1, 0.15) is 5.78 Å². The Morgan fingerprint density at radius 2 is 1.72 bits per heavy atom. The van der Waals surface area contributed by atoms with Crippen LogP contribution in [0.15, 0.2) is 66.7 Å². The van der Waals surface area contributed by atoms with Crippen LogP contribution in [0.5, 0.6) is 0 Å². The van der Waals surface area contributed by atoms with E-state index in [0.717, 1.165) is 32.1 Å². The molecule has 25 heavy (non-hydrogen) atoms. The second kappa shape index (κ2) is 7.00. The molecule has 2 aromatic rings. The van der Waals surface area contributed by atoms with E-state index in [0.29, 0.717) is 11.7 Å². The van der Waals surface area contributed by atoms with Crippen molar-refractivity contribution in [2.24, 2.45) is 11.3 Å². The maximum atomic E-state index is 12.8. The van der Waals surface area contributed by atoms with E-state index in [1.54, 1.807) is 0 Å². The Bertz CT molecular complexity index is 746. The minimum atomic E-state index is -0.0646. The third-order valence-corrected chi connectivity index (χ3v) is 6.23. The molecule has 2 saturated carbocycles. The Morgan fingerprint density at radius 3 is 2.44 bits per heavy atom. The topological polar surface area (TPSA) is 17.1 Å². The lowest BCUT2D eigenvalue weighted by atomic mass is 9.43. The van der Waals surface area contributed by atoms with Crippen LogP contribution in [0.25, 0.3) is 6.08 Å². The molecular weight excluding hydrogens is 304 g/mol. The van der Waals surface area contributed by atoms with Crippen molar-refractivity contribution in [3.8, 4) is 0 Å². The van der Waals surface area contributed by atoms with Crippen LogP contribution in [0.4, 0.5) is 0 Å². The van der Waals surface area contributed by atoms with Gasteiger partial charge in [0, 0.05) is 17.3 Å². The van der Waals surface area contributed by atoms with E-state index in [1.165, 1.54) is 17.5 Å². The number of carbonyl (C=O) groups is 1. The van der Waals surface area contributed by atoms with Crippen molar-refractivity contribution in [3.05, 3.63) is 77.9 Å². The first kappa shape index (κ1) is 16.3. The second-order valence-electron chi connectivity index (χ2n) is 7.61. The molecule has 4 rings (SSSR count). The maximum absolute atomic E-state index is 12.8. The van der Waals surface area contributed by atoms with Gasteiger partial charge in [-0.25, -0.2) is 0 Å². The summed E-state index contributed by atoms with van der Waals surface area (Å²) in [6.07, 6.45) is 11.0. The summed E-state index contributed by atoms with van der Waals surface area (Å²) in [6.45, 7) is 0. The van der Waals surface area contributed by atoms with Crippen LogP contribution in [0, 0.1) is 11.3 Å². The molecule has 2 aliphatic carbocycles. The van der Waals surface area contributed by atoms with E-state index < -0.39 is 0 Å². The highest BCUT2D eigenvalue weighted by Crippen LogP contribution is 2.64. The van der Waals surface area contributed by atoms with Crippen molar-refractivity contribution < 1.29 is 4.79 Å².